The zero-order valence-electron chi connectivity index (χ0n) is 7.90. The maximum Gasteiger partial charge on any atom is 0.199 e. The average Bonchev–Trinajstić information content (AvgIpc) is 2.56. The topological polar surface area (TPSA) is 51.8 Å². The van der Waals surface area contributed by atoms with Crippen LogP contribution in [0, 0.1) is 6.92 Å². The van der Waals surface area contributed by atoms with E-state index in [-0.39, 0.29) is 0 Å². The van der Waals surface area contributed by atoms with Gasteiger partial charge in [-0.1, -0.05) is 29.8 Å². The molecule has 1 heterocycles. The maximum absolute atomic E-state index is 5.50. The predicted molar refractivity (Wildman–Crippen MR) is 58.3 cm³/mol. The number of aromatic nitrogens is 2. The predicted octanol–water partition coefficient (Wildman–Crippen LogP) is 2.02. The van der Waals surface area contributed by atoms with Gasteiger partial charge in [-0.05, 0) is 12.5 Å². The molecule has 0 aliphatic rings. The summed E-state index contributed by atoms with van der Waals surface area (Å²) in [6.45, 7) is 2.07. The van der Waals surface area contributed by atoms with Crippen molar-refractivity contribution in [3.8, 4) is 0 Å². The van der Waals surface area contributed by atoms with Crippen LogP contribution in [0.2, 0.25) is 0 Å². The standard InChI is InChI=1S/C10H11N3S/c1-7-2-4-8(5-3-7)6-9-12-10(11)14-13-9/h2-5H,6H2,1H3,(H2,11,12,13). The van der Waals surface area contributed by atoms with E-state index >= 15 is 0 Å². The zero-order valence-corrected chi connectivity index (χ0v) is 8.71. The highest BCUT2D eigenvalue weighted by atomic mass is 32.1. The first-order valence-corrected chi connectivity index (χ1v) is 5.15. The molecule has 72 valence electrons. The van der Waals surface area contributed by atoms with Crippen LogP contribution in [0.4, 0.5) is 5.13 Å². The SMILES string of the molecule is Cc1ccc(Cc2nsc(N)n2)cc1. The van der Waals surface area contributed by atoms with E-state index < -0.39 is 0 Å². The van der Waals surface area contributed by atoms with Gasteiger partial charge in [0.15, 0.2) is 5.13 Å². The summed E-state index contributed by atoms with van der Waals surface area (Å²) in [5.41, 5.74) is 7.98. The fourth-order valence-corrected chi connectivity index (χ4v) is 1.68. The van der Waals surface area contributed by atoms with Crippen LogP contribution < -0.4 is 5.73 Å². The van der Waals surface area contributed by atoms with Crippen molar-refractivity contribution in [1.29, 1.82) is 0 Å². The number of benzene rings is 1. The Hall–Kier alpha value is -1.42. The van der Waals surface area contributed by atoms with Crippen LogP contribution in [-0.2, 0) is 6.42 Å². The second kappa shape index (κ2) is 3.75. The molecule has 1 aromatic heterocycles. The molecule has 0 amide bonds. The molecule has 2 aromatic rings. The molecule has 0 unspecified atom stereocenters. The first-order valence-electron chi connectivity index (χ1n) is 4.37. The second-order valence-corrected chi connectivity index (χ2v) is 3.99. The van der Waals surface area contributed by atoms with Crippen molar-refractivity contribution in [1.82, 2.24) is 9.36 Å². The Labute approximate surface area is 86.8 Å². The Morgan fingerprint density at radius 1 is 1.29 bits per heavy atom. The fraction of sp³-hybridized carbons (Fsp3) is 0.200. The van der Waals surface area contributed by atoms with Crippen molar-refractivity contribution < 1.29 is 0 Å². The highest BCUT2D eigenvalue weighted by Crippen LogP contribution is 2.11. The van der Waals surface area contributed by atoms with E-state index in [0.29, 0.717) is 5.13 Å². The summed E-state index contributed by atoms with van der Waals surface area (Å²) < 4.78 is 4.14. The van der Waals surface area contributed by atoms with Crippen LogP contribution >= 0.6 is 11.5 Å². The Morgan fingerprint density at radius 2 is 2.00 bits per heavy atom. The lowest BCUT2D eigenvalue weighted by atomic mass is 10.1. The smallest absolute Gasteiger partial charge is 0.199 e. The van der Waals surface area contributed by atoms with Gasteiger partial charge in [-0.25, -0.2) is 4.98 Å². The van der Waals surface area contributed by atoms with E-state index in [0.717, 1.165) is 12.2 Å². The molecule has 0 saturated carbocycles. The van der Waals surface area contributed by atoms with Gasteiger partial charge < -0.3 is 5.73 Å². The van der Waals surface area contributed by atoms with Gasteiger partial charge in [0.2, 0.25) is 0 Å². The molecule has 2 rings (SSSR count). The van der Waals surface area contributed by atoms with Crippen LogP contribution in [0.5, 0.6) is 0 Å². The van der Waals surface area contributed by atoms with Gasteiger partial charge in [-0.15, -0.1) is 0 Å². The number of hydrogen-bond donors (Lipinski definition) is 1. The fourth-order valence-electron chi connectivity index (χ4n) is 1.23. The summed E-state index contributed by atoms with van der Waals surface area (Å²) in [6.07, 6.45) is 0.758. The lowest BCUT2D eigenvalue weighted by molar-refractivity contribution is 1.04. The molecule has 2 N–H and O–H groups in total. The summed E-state index contributed by atoms with van der Waals surface area (Å²) >= 11 is 1.24. The summed E-state index contributed by atoms with van der Waals surface area (Å²) in [4.78, 5) is 4.11. The van der Waals surface area contributed by atoms with Crippen molar-refractivity contribution in [2.45, 2.75) is 13.3 Å². The van der Waals surface area contributed by atoms with E-state index in [4.69, 9.17) is 5.73 Å². The maximum atomic E-state index is 5.50. The molecule has 0 saturated heterocycles. The Bertz CT molecular complexity index is 419. The summed E-state index contributed by atoms with van der Waals surface area (Å²) in [6, 6.07) is 8.36. The van der Waals surface area contributed by atoms with Crippen LogP contribution in [0.1, 0.15) is 17.0 Å². The van der Waals surface area contributed by atoms with E-state index in [1.54, 1.807) is 0 Å². The highest BCUT2D eigenvalue weighted by Gasteiger charge is 2.01. The minimum Gasteiger partial charge on any atom is -0.374 e. The molecule has 14 heavy (non-hydrogen) atoms. The Balaban J connectivity index is 2.15. The third-order valence-electron chi connectivity index (χ3n) is 1.97. The third kappa shape index (κ3) is 2.09. The van der Waals surface area contributed by atoms with Crippen LogP contribution in [0.25, 0.3) is 0 Å². The molecular formula is C10H11N3S. The molecule has 0 bridgehead atoms. The van der Waals surface area contributed by atoms with E-state index in [1.165, 1.54) is 22.7 Å². The van der Waals surface area contributed by atoms with Crippen molar-refractivity contribution in [3.05, 3.63) is 41.2 Å². The van der Waals surface area contributed by atoms with Crippen molar-refractivity contribution in [3.63, 3.8) is 0 Å². The molecular weight excluding hydrogens is 194 g/mol. The lowest BCUT2D eigenvalue weighted by Crippen LogP contribution is -1.91. The number of rotatable bonds is 2. The van der Waals surface area contributed by atoms with Crippen molar-refractivity contribution in [2.75, 3.05) is 5.73 Å². The minimum atomic E-state index is 0.534. The molecule has 0 fully saturated rings. The number of hydrogen-bond acceptors (Lipinski definition) is 4. The number of nitrogen functional groups attached to an aromatic ring is 1. The zero-order chi connectivity index (χ0) is 9.97. The van der Waals surface area contributed by atoms with Gasteiger partial charge in [0.25, 0.3) is 0 Å². The summed E-state index contributed by atoms with van der Waals surface area (Å²) in [5.74, 6) is 0.802. The summed E-state index contributed by atoms with van der Waals surface area (Å²) in [5, 5.41) is 0.534. The summed E-state index contributed by atoms with van der Waals surface area (Å²) in [7, 11) is 0. The van der Waals surface area contributed by atoms with Crippen molar-refractivity contribution >= 4 is 16.7 Å². The van der Waals surface area contributed by atoms with Gasteiger partial charge in [0, 0.05) is 18.0 Å². The van der Waals surface area contributed by atoms with Gasteiger partial charge in [-0.2, -0.15) is 4.37 Å². The Kier molecular flexibility index (Phi) is 2.45. The van der Waals surface area contributed by atoms with Crippen LogP contribution in [0.3, 0.4) is 0 Å². The number of aryl methyl sites for hydroxylation is 1. The Morgan fingerprint density at radius 3 is 2.57 bits per heavy atom. The molecule has 0 atom stereocenters. The number of nitrogens with two attached hydrogens (primary N) is 1. The van der Waals surface area contributed by atoms with Crippen LogP contribution in [-0.4, -0.2) is 9.36 Å². The number of nitrogens with zero attached hydrogens (tertiary/aromatic N) is 2. The van der Waals surface area contributed by atoms with Gasteiger partial charge in [0.05, 0.1) is 0 Å². The molecule has 0 radical (unpaired) electrons. The normalized spacial score (nSPS) is 10.4. The average molecular weight is 205 g/mol. The van der Waals surface area contributed by atoms with Gasteiger partial charge in [-0.3, -0.25) is 0 Å². The lowest BCUT2D eigenvalue weighted by Gasteiger charge is -1.97. The minimum absolute atomic E-state index is 0.534. The number of anilines is 1. The van der Waals surface area contributed by atoms with Gasteiger partial charge in [0.1, 0.15) is 5.82 Å². The quantitative estimate of drug-likeness (QED) is 0.816. The monoisotopic (exact) mass is 205 g/mol. The largest absolute Gasteiger partial charge is 0.374 e. The molecule has 4 heteroatoms. The van der Waals surface area contributed by atoms with Crippen LogP contribution in [0.15, 0.2) is 24.3 Å². The van der Waals surface area contributed by atoms with E-state index in [1.807, 2.05) is 0 Å². The molecule has 0 aliphatic heterocycles. The van der Waals surface area contributed by atoms with Gasteiger partial charge >= 0.3 is 0 Å². The van der Waals surface area contributed by atoms with E-state index in [2.05, 4.69) is 40.5 Å². The molecule has 1 aromatic carbocycles. The molecule has 0 aliphatic carbocycles. The van der Waals surface area contributed by atoms with E-state index in [9.17, 15) is 0 Å². The molecule has 0 spiro atoms. The third-order valence-corrected chi connectivity index (χ3v) is 2.55. The van der Waals surface area contributed by atoms with Crippen molar-refractivity contribution in [2.24, 2.45) is 0 Å². The first kappa shape index (κ1) is 9.15. The highest BCUT2D eigenvalue weighted by molar-refractivity contribution is 7.09. The second-order valence-electron chi connectivity index (χ2n) is 3.21. The molecule has 3 nitrogen and oxygen atoms in total. The first-order chi connectivity index (χ1) is 6.74.